The Hall–Kier alpha value is -2.28. The van der Waals surface area contributed by atoms with E-state index in [9.17, 15) is 4.79 Å². The molecular formula is C11H13N5O2. The molecule has 0 bridgehead atoms. The molecular weight excluding hydrogens is 234 g/mol. The summed E-state index contributed by atoms with van der Waals surface area (Å²) in [5.41, 5.74) is 1.63. The van der Waals surface area contributed by atoms with Crippen LogP contribution in [0.1, 0.15) is 21.6 Å². The number of aryl methyl sites for hydroxylation is 1. The SMILES string of the molecule is Cn1cc(CNCc2ncncc2C(=O)O)cn1. The van der Waals surface area contributed by atoms with Crippen LogP contribution in [0.3, 0.4) is 0 Å². The van der Waals surface area contributed by atoms with Gasteiger partial charge in [0.15, 0.2) is 0 Å². The van der Waals surface area contributed by atoms with Gasteiger partial charge in [-0.1, -0.05) is 0 Å². The van der Waals surface area contributed by atoms with Gasteiger partial charge < -0.3 is 10.4 Å². The molecule has 2 aromatic rings. The third-order valence-electron chi connectivity index (χ3n) is 2.41. The summed E-state index contributed by atoms with van der Waals surface area (Å²) in [5, 5.41) is 16.1. The number of aromatic carboxylic acids is 1. The maximum atomic E-state index is 10.9. The van der Waals surface area contributed by atoms with Gasteiger partial charge in [0.1, 0.15) is 11.9 Å². The predicted octanol–water partition coefficient (Wildman–Crippen LogP) is 0.198. The molecule has 94 valence electrons. The quantitative estimate of drug-likeness (QED) is 0.784. The molecule has 0 spiro atoms. The largest absolute Gasteiger partial charge is 0.478 e. The predicted molar refractivity (Wildman–Crippen MR) is 62.7 cm³/mol. The van der Waals surface area contributed by atoms with E-state index in [1.165, 1.54) is 12.5 Å². The van der Waals surface area contributed by atoms with Gasteiger partial charge in [-0.15, -0.1) is 0 Å². The Labute approximate surface area is 104 Å². The van der Waals surface area contributed by atoms with Gasteiger partial charge in [-0.3, -0.25) is 4.68 Å². The Morgan fingerprint density at radius 1 is 1.44 bits per heavy atom. The lowest BCUT2D eigenvalue weighted by Crippen LogP contribution is -2.16. The Kier molecular flexibility index (Phi) is 3.63. The van der Waals surface area contributed by atoms with Crippen molar-refractivity contribution in [3.8, 4) is 0 Å². The summed E-state index contributed by atoms with van der Waals surface area (Å²) in [6.07, 6.45) is 6.29. The minimum Gasteiger partial charge on any atom is -0.478 e. The van der Waals surface area contributed by atoms with Crippen LogP contribution in [-0.4, -0.2) is 30.8 Å². The second-order valence-corrected chi connectivity index (χ2v) is 3.81. The van der Waals surface area contributed by atoms with E-state index in [0.717, 1.165) is 5.56 Å². The maximum absolute atomic E-state index is 10.9. The molecule has 2 heterocycles. The lowest BCUT2D eigenvalue weighted by molar-refractivity contribution is 0.0694. The average molecular weight is 247 g/mol. The highest BCUT2D eigenvalue weighted by Crippen LogP contribution is 2.04. The maximum Gasteiger partial charge on any atom is 0.339 e. The van der Waals surface area contributed by atoms with E-state index >= 15 is 0 Å². The molecule has 0 aliphatic carbocycles. The molecule has 2 aromatic heterocycles. The lowest BCUT2D eigenvalue weighted by atomic mass is 10.2. The summed E-state index contributed by atoms with van der Waals surface area (Å²) >= 11 is 0. The molecule has 0 fully saturated rings. The van der Waals surface area contributed by atoms with E-state index in [4.69, 9.17) is 5.11 Å². The van der Waals surface area contributed by atoms with E-state index in [2.05, 4.69) is 20.4 Å². The smallest absolute Gasteiger partial charge is 0.339 e. The van der Waals surface area contributed by atoms with Crippen molar-refractivity contribution < 1.29 is 9.90 Å². The zero-order chi connectivity index (χ0) is 13.0. The Bertz CT molecular complexity index is 552. The first-order chi connectivity index (χ1) is 8.66. The van der Waals surface area contributed by atoms with Crippen molar-refractivity contribution in [2.45, 2.75) is 13.1 Å². The Morgan fingerprint density at radius 2 is 2.28 bits per heavy atom. The summed E-state index contributed by atoms with van der Waals surface area (Å²) in [4.78, 5) is 18.6. The van der Waals surface area contributed by atoms with Crippen LogP contribution in [0.25, 0.3) is 0 Å². The van der Waals surface area contributed by atoms with Crippen molar-refractivity contribution in [2.24, 2.45) is 7.05 Å². The van der Waals surface area contributed by atoms with Crippen molar-refractivity contribution in [3.63, 3.8) is 0 Å². The highest BCUT2D eigenvalue weighted by atomic mass is 16.4. The molecule has 0 aliphatic rings. The zero-order valence-corrected chi connectivity index (χ0v) is 9.87. The van der Waals surface area contributed by atoms with Crippen LogP contribution in [0, 0.1) is 0 Å². The first-order valence-electron chi connectivity index (χ1n) is 5.37. The van der Waals surface area contributed by atoms with Crippen molar-refractivity contribution in [1.82, 2.24) is 25.1 Å². The number of nitrogens with zero attached hydrogens (tertiary/aromatic N) is 4. The molecule has 18 heavy (non-hydrogen) atoms. The van der Waals surface area contributed by atoms with Gasteiger partial charge in [-0.05, 0) is 0 Å². The van der Waals surface area contributed by atoms with Crippen molar-refractivity contribution >= 4 is 5.97 Å². The van der Waals surface area contributed by atoms with E-state index in [0.29, 0.717) is 18.8 Å². The number of aromatic nitrogens is 4. The fraction of sp³-hybridized carbons (Fsp3) is 0.273. The molecule has 0 radical (unpaired) electrons. The van der Waals surface area contributed by atoms with E-state index in [-0.39, 0.29) is 5.56 Å². The standard InChI is InChI=1S/C11H13N5O2/c1-16-6-8(3-15-16)2-12-5-10-9(11(17)18)4-13-7-14-10/h3-4,6-7,12H,2,5H2,1H3,(H,17,18). The molecule has 0 aromatic carbocycles. The number of hydrogen-bond donors (Lipinski definition) is 2. The Balaban J connectivity index is 1.96. The van der Waals surface area contributed by atoms with Gasteiger partial charge in [0, 0.05) is 38.1 Å². The topological polar surface area (TPSA) is 92.9 Å². The van der Waals surface area contributed by atoms with E-state index in [1.54, 1.807) is 10.9 Å². The van der Waals surface area contributed by atoms with Crippen molar-refractivity contribution in [1.29, 1.82) is 0 Å². The van der Waals surface area contributed by atoms with Crippen LogP contribution >= 0.6 is 0 Å². The third kappa shape index (κ3) is 2.89. The summed E-state index contributed by atoms with van der Waals surface area (Å²) in [7, 11) is 1.84. The lowest BCUT2D eigenvalue weighted by Gasteiger charge is -2.05. The van der Waals surface area contributed by atoms with Crippen LogP contribution < -0.4 is 5.32 Å². The number of carbonyl (C=O) groups is 1. The number of carboxylic acid groups (broad SMARTS) is 1. The molecule has 7 nitrogen and oxygen atoms in total. The monoisotopic (exact) mass is 247 g/mol. The van der Waals surface area contributed by atoms with Gasteiger partial charge in [0.05, 0.1) is 11.9 Å². The van der Waals surface area contributed by atoms with Crippen LogP contribution in [0.4, 0.5) is 0 Å². The second kappa shape index (κ2) is 5.37. The fourth-order valence-electron chi connectivity index (χ4n) is 1.56. The zero-order valence-electron chi connectivity index (χ0n) is 9.87. The van der Waals surface area contributed by atoms with Gasteiger partial charge in [-0.25, -0.2) is 14.8 Å². The summed E-state index contributed by atoms with van der Waals surface area (Å²) in [6, 6.07) is 0. The highest BCUT2D eigenvalue weighted by Gasteiger charge is 2.10. The minimum absolute atomic E-state index is 0.121. The molecule has 0 saturated heterocycles. The molecule has 0 atom stereocenters. The van der Waals surface area contributed by atoms with Crippen molar-refractivity contribution in [2.75, 3.05) is 0 Å². The van der Waals surface area contributed by atoms with Crippen LogP contribution in [0.2, 0.25) is 0 Å². The highest BCUT2D eigenvalue weighted by molar-refractivity contribution is 5.88. The molecule has 0 amide bonds. The Morgan fingerprint density at radius 3 is 2.94 bits per heavy atom. The second-order valence-electron chi connectivity index (χ2n) is 3.81. The van der Waals surface area contributed by atoms with Crippen LogP contribution in [0.5, 0.6) is 0 Å². The number of nitrogens with one attached hydrogen (secondary N) is 1. The molecule has 2 N–H and O–H groups in total. The normalized spacial score (nSPS) is 10.5. The molecule has 2 rings (SSSR count). The molecule has 0 aliphatic heterocycles. The summed E-state index contributed by atoms with van der Waals surface area (Å²) in [6.45, 7) is 0.982. The minimum atomic E-state index is -1.02. The first-order valence-corrected chi connectivity index (χ1v) is 5.37. The molecule has 0 unspecified atom stereocenters. The van der Waals surface area contributed by atoms with Gasteiger partial charge in [-0.2, -0.15) is 5.10 Å². The van der Waals surface area contributed by atoms with Crippen LogP contribution in [-0.2, 0) is 20.1 Å². The summed E-state index contributed by atoms with van der Waals surface area (Å²) < 4.78 is 1.71. The van der Waals surface area contributed by atoms with Gasteiger partial charge in [0.2, 0.25) is 0 Å². The molecule has 7 heteroatoms. The van der Waals surface area contributed by atoms with Crippen molar-refractivity contribution in [3.05, 3.63) is 41.7 Å². The third-order valence-corrected chi connectivity index (χ3v) is 2.41. The van der Waals surface area contributed by atoms with Gasteiger partial charge >= 0.3 is 5.97 Å². The van der Waals surface area contributed by atoms with Gasteiger partial charge in [0.25, 0.3) is 0 Å². The fourth-order valence-corrected chi connectivity index (χ4v) is 1.56. The van der Waals surface area contributed by atoms with E-state index in [1.807, 2.05) is 13.2 Å². The number of carboxylic acids is 1. The first kappa shape index (κ1) is 12.2. The summed E-state index contributed by atoms with van der Waals surface area (Å²) in [5.74, 6) is -1.02. The number of rotatable bonds is 5. The number of hydrogen-bond acceptors (Lipinski definition) is 5. The average Bonchev–Trinajstić information content (AvgIpc) is 2.75. The van der Waals surface area contributed by atoms with E-state index < -0.39 is 5.97 Å². The van der Waals surface area contributed by atoms with Crippen LogP contribution in [0.15, 0.2) is 24.9 Å². The molecule has 0 saturated carbocycles.